The minimum absolute atomic E-state index is 0.158. The summed E-state index contributed by atoms with van der Waals surface area (Å²) in [5, 5.41) is 0. The van der Waals surface area contributed by atoms with Crippen molar-refractivity contribution < 1.29 is 18.5 Å². The van der Waals surface area contributed by atoms with Crippen molar-refractivity contribution in [2.45, 2.75) is 51.7 Å². The van der Waals surface area contributed by atoms with Crippen LogP contribution in [-0.2, 0) is 14.1 Å². The second-order valence-corrected chi connectivity index (χ2v) is 7.96. The molecule has 3 rings (SSSR count). The Morgan fingerprint density at radius 3 is 2.63 bits per heavy atom. The molecule has 4 nitrogen and oxygen atoms in total. The highest BCUT2D eigenvalue weighted by atomic mass is 19.1. The molecule has 1 amide bonds. The molecule has 0 radical (unpaired) electrons. The summed E-state index contributed by atoms with van der Waals surface area (Å²) in [6.07, 6.45) is 2.93. The average Bonchev–Trinajstić information content (AvgIpc) is 3.08. The van der Waals surface area contributed by atoms with Gasteiger partial charge in [-0.2, -0.15) is 0 Å². The topological polar surface area (TPSA) is 38.8 Å². The minimum atomic E-state index is -1.01. The van der Waals surface area contributed by atoms with Crippen molar-refractivity contribution in [3.05, 3.63) is 41.1 Å². The second kappa shape index (κ2) is 7.50. The van der Waals surface area contributed by atoms with Crippen LogP contribution >= 0.6 is 0 Å². The van der Waals surface area contributed by atoms with E-state index in [2.05, 4.69) is 11.8 Å². The number of halogens is 1. The number of benzene rings is 1. The summed E-state index contributed by atoms with van der Waals surface area (Å²) in [7, 11) is -1.01. The van der Waals surface area contributed by atoms with Gasteiger partial charge in [-0.05, 0) is 57.9 Å². The molecule has 0 bridgehead atoms. The number of rotatable bonds is 3. The molecule has 2 heterocycles. The first-order chi connectivity index (χ1) is 12.7. The molecule has 1 aromatic rings. The number of carbonyl (C=O) groups excluding carboxylic acids is 1. The number of amides is 1. The van der Waals surface area contributed by atoms with E-state index in [-0.39, 0.29) is 5.91 Å². The minimum Gasteiger partial charge on any atom is -0.398 e. The maximum Gasteiger partial charge on any atom is 0.525 e. The summed E-state index contributed by atoms with van der Waals surface area (Å²) in [4.78, 5) is 13.4. The van der Waals surface area contributed by atoms with Gasteiger partial charge in [0.05, 0.1) is 17.7 Å². The molecule has 2 aliphatic rings. The number of likely N-dealkylation sites (tertiary alicyclic amines) is 1. The highest BCUT2D eigenvalue weighted by molar-refractivity contribution is 6.54. The summed E-state index contributed by atoms with van der Waals surface area (Å²) in [5.41, 5.74) is -0.170. The van der Waals surface area contributed by atoms with Crippen LogP contribution in [0.15, 0.2) is 30.0 Å². The SMILES string of the molecule is CC1(C)OB(C(F)=Cc2cccc(C#CCN3CCCC3=O)c2)OC1(C)C. The lowest BCUT2D eigenvalue weighted by atomic mass is 9.86. The van der Waals surface area contributed by atoms with Crippen LogP contribution < -0.4 is 0 Å². The molecule has 1 aromatic carbocycles. The van der Waals surface area contributed by atoms with Crippen molar-refractivity contribution in [2.75, 3.05) is 13.1 Å². The predicted octanol–water partition coefficient (Wildman–Crippen LogP) is 3.60. The molecule has 0 aliphatic carbocycles. The van der Waals surface area contributed by atoms with Crippen molar-refractivity contribution in [1.82, 2.24) is 4.90 Å². The molecular weight excluding hydrogens is 344 g/mol. The Hall–Kier alpha value is -2.10. The van der Waals surface area contributed by atoms with Gasteiger partial charge in [0.15, 0.2) is 0 Å². The zero-order valence-corrected chi connectivity index (χ0v) is 16.3. The van der Waals surface area contributed by atoms with Crippen LogP contribution in [0.1, 0.15) is 51.7 Å². The summed E-state index contributed by atoms with van der Waals surface area (Å²) in [5.74, 6) is 6.22. The van der Waals surface area contributed by atoms with Crippen LogP contribution in [0.2, 0.25) is 0 Å². The van der Waals surface area contributed by atoms with Crippen molar-refractivity contribution in [2.24, 2.45) is 0 Å². The third-order valence-corrected chi connectivity index (χ3v) is 5.34. The standard InChI is InChI=1S/C21H25BFNO3/c1-20(2)21(3,4)27-22(26-20)18(23)15-17-9-5-8-16(14-17)10-6-12-24-13-7-11-19(24)25/h5,8-9,14-15H,7,11-13H2,1-4H3. The zero-order valence-electron chi connectivity index (χ0n) is 16.3. The van der Waals surface area contributed by atoms with Gasteiger partial charge in [0, 0.05) is 18.5 Å². The maximum atomic E-state index is 14.6. The second-order valence-electron chi connectivity index (χ2n) is 7.96. The molecule has 142 valence electrons. The van der Waals surface area contributed by atoms with Gasteiger partial charge >= 0.3 is 7.12 Å². The zero-order chi connectivity index (χ0) is 19.7. The van der Waals surface area contributed by atoms with Crippen molar-refractivity contribution in [1.29, 1.82) is 0 Å². The third-order valence-electron chi connectivity index (χ3n) is 5.34. The molecule has 6 heteroatoms. The highest BCUT2D eigenvalue weighted by Crippen LogP contribution is 2.39. The Labute approximate surface area is 160 Å². The smallest absolute Gasteiger partial charge is 0.398 e. The lowest BCUT2D eigenvalue weighted by molar-refractivity contribution is -0.127. The Kier molecular flexibility index (Phi) is 5.46. The molecule has 0 saturated carbocycles. The fourth-order valence-corrected chi connectivity index (χ4v) is 3.00. The van der Waals surface area contributed by atoms with E-state index in [0.29, 0.717) is 18.5 Å². The normalized spacial score (nSPS) is 21.4. The van der Waals surface area contributed by atoms with Crippen LogP contribution in [0.5, 0.6) is 0 Å². The highest BCUT2D eigenvalue weighted by Gasteiger charge is 2.53. The van der Waals surface area contributed by atoms with Crippen LogP contribution in [-0.4, -0.2) is 42.2 Å². The molecule has 27 heavy (non-hydrogen) atoms. The van der Waals surface area contributed by atoms with Crippen LogP contribution in [0.25, 0.3) is 6.08 Å². The van der Waals surface area contributed by atoms with Crippen molar-refractivity contribution in [3.63, 3.8) is 0 Å². The van der Waals surface area contributed by atoms with Crippen LogP contribution in [0.3, 0.4) is 0 Å². The Morgan fingerprint density at radius 1 is 1.30 bits per heavy atom. The molecule has 0 aromatic heterocycles. The van der Waals surface area contributed by atoms with Gasteiger partial charge in [-0.1, -0.05) is 24.0 Å². The van der Waals surface area contributed by atoms with Gasteiger partial charge in [0.25, 0.3) is 0 Å². The molecule has 2 saturated heterocycles. The van der Waals surface area contributed by atoms with E-state index < -0.39 is 24.0 Å². The van der Waals surface area contributed by atoms with Gasteiger partial charge in [-0.25, -0.2) is 4.39 Å². The molecule has 0 N–H and O–H groups in total. The first-order valence-corrected chi connectivity index (χ1v) is 9.27. The fourth-order valence-electron chi connectivity index (χ4n) is 3.00. The molecule has 0 atom stereocenters. The van der Waals surface area contributed by atoms with E-state index in [1.165, 1.54) is 6.08 Å². The number of carbonyl (C=O) groups is 1. The van der Waals surface area contributed by atoms with E-state index >= 15 is 0 Å². The molecular formula is C21H25BFNO3. The summed E-state index contributed by atoms with van der Waals surface area (Å²) >= 11 is 0. The summed E-state index contributed by atoms with van der Waals surface area (Å²) < 4.78 is 26.1. The summed E-state index contributed by atoms with van der Waals surface area (Å²) in [6.45, 7) is 8.77. The summed E-state index contributed by atoms with van der Waals surface area (Å²) in [6, 6.07) is 7.31. The van der Waals surface area contributed by atoms with E-state index in [9.17, 15) is 9.18 Å². The Balaban J connectivity index is 1.69. The number of hydrogen-bond acceptors (Lipinski definition) is 3. The van der Waals surface area contributed by atoms with E-state index in [1.807, 2.05) is 45.9 Å². The number of nitrogens with zero attached hydrogens (tertiary/aromatic N) is 1. The Morgan fingerprint density at radius 2 is 2.00 bits per heavy atom. The van der Waals surface area contributed by atoms with Gasteiger partial charge in [0.1, 0.15) is 5.73 Å². The average molecular weight is 369 g/mol. The van der Waals surface area contributed by atoms with E-state index in [1.54, 1.807) is 11.0 Å². The lowest BCUT2D eigenvalue weighted by Gasteiger charge is -2.32. The fraction of sp³-hybridized carbons (Fsp3) is 0.476. The third kappa shape index (κ3) is 4.43. The van der Waals surface area contributed by atoms with Gasteiger partial charge in [-0.3, -0.25) is 4.79 Å². The van der Waals surface area contributed by atoms with Crippen molar-refractivity contribution in [3.8, 4) is 11.8 Å². The van der Waals surface area contributed by atoms with E-state index in [4.69, 9.17) is 9.31 Å². The van der Waals surface area contributed by atoms with Crippen LogP contribution in [0.4, 0.5) is 4.39 Å². The first-order valence-electron chi connectivity index (χ1n) is 9.27. The molecule has 2 fully saturated rings. The molecule has 2 aliphatic heterocycles. The predicted molar refractivity (Wildman–Crippen MR) is 104 cm³/mol. The Bertz CT molecular complexity index is 806. The van der Waals surface area contributed by atoms with Gasteiger partial charge < -0.3 is 14.2 Å². The largest absolute Gasteiger partial charge is 0.525 e. The van der Waals surface area contributed by atoms with Crippen molar-refractivity contribution >= 4 is 19.1 Å². The maximum absolute atomic E-state index is 14.6. The molecule has 0 unspecified atom stereocenters. The van der Waals surface area contributed by atoms with Gasteiger partial charge in [-0.15, -0.1) is 0 Å². The monoisotopic (exact) mass is 369 g/mol. The van der Waals surface area contributed by atoms with Crippen LogP contribution in [0, 0.1) is 11.8 Å². The van der Waals surface area contributed by atoms with E-state index in [0.717, 1.165) is 18.5 Å². The van der Waals surface area contributed by atoms with Gasteiger partial charge in [0.2, 0.25) is 5.91 Å². The quantitative estimate of drug-likeness (QED) is 0.604. The first kappa shape index (κ1) is 19.7. The lowest BCUT2D eigenvalue weighted by Crippen LogP contribution is -2.41. The molecule has 0 spiro atoms. The number of hydrogen-bond donors (Lipinski definition) is 0.